The lowest BCUT2D eigenvalue weighted by atomic mass is 10.1. The maximum atomic E-state index is 12.9. The highest BCUT2D eigenvalue weighted by atomic mass is 32.2. The van der Waals surface area contributed by atoms with Crippen molar-refractivity contribution in [1.82, 2.24) is 14.8 Å². The monoisotopic (exact) mass is 416 g/mol. The number of carbonyl (C=O) groups is 1. The molecule has 0 saturated heterocycles. The van der Waals surface area contributed by atoms with Gasteiger partial charge in [-0.25, -0.2) is 0 Å². The fourth-order valence-corrected chi connectivity index (χ4v) is 4.35. The Kier molecular flexibility index (Phi) is 5.86. The maximum absolute atomic E-state index is 12.9. The number of nitrogens with one attached hydrogen (secondary N) is 1. The number of nitrogens with zero attached hydrogens (tertiary/aromatic N) is 3. The molecule has 6 heteroatoms. The van der Waals surface area contributed by atoms with Crippen LogP contribution < -0.4 is 5.32 Å². The van der Waals surface area contributed by atoms with E-state index in [1.165, 1.54) is 17.3 Å². The van der Waals surface area contributed by atoms with E-state index >= 15 is 0 Å². The van der Waals surface area contributed by atoms with E-state index in [1.807, 2.05) is 61.5 Å². The standard InChI is InChI=1S/C24H24N4OS/c1-4-28-22(19-12-7-9-16(2)15-19)26-27-24(28)30-17(3)23(29)25-21-14-8-11-18-10-5-6-13-20(18)21/h5-15,17H,4H2,1-3H3,(H,25,29)/t17-/m1/s1. The number of hydrogen-bond donors (Lipinski definition) is 1. The first-order valence-corrected chi connectivity index (χ1v) is 10.9. The third-order valence-electron chi connectivity index (χ3n) is 5.01. The van der Waals surface area contributed by atoms with Gasteiger partial charge in [-0.15, -0.1) is 10.2 Å². The minimum Gasteiger partial charge on any atom is -0.325 e. The number of hydrogen-bond acceptors (Lipinski definition) is 4. The van der Waals surface area contributed by atoms with Crippen LogP contribution in [-0.4, -0.2) is 25.9 Å². The minimum absolute atomic E-state index is 0.0564. The minimum atomic E-state index is -0.316. The summed E-state index contributed by atoms with van der Waals surface area (Å²) in [6, 6.07) is 22.2. The molecule has 4 rings (SSSR count). The van der Waals surface area contributed by atoms with Crippen LogP contribution in [0.1, 0.15) is 19.4 Å². The molecule has 1 heterocycles. The third-order valence-corrected chi connectivity index (χ3v) is 6.09. The number of carbonyl (C=O) groups excluding carboxylic acids is 1. The molecule has 0 bridgehead atoms. The van der Waals surface area contributed by atoms with Crippen molar-refractivity contribution in [3.05, 3.63) is 72.3 Å². The van der Waals surface area contributed by atoms with Gasteiger partial charge in [0.25, 0.3) is 0 Å². The van der Waals surface area contributed by atoms with Crippen LogP contribution in [0.5, 0.6) is 0 Å². The summed E-state index contributed by atoms with van der Waals surface area (Å²) in [5, 5.41) is 14.4. The van der Waals surface area contributed by atoms with Gasteiger partial charge < -0.3 is 9.88 Å². The van der Waals surface area contributed by atoms with E-state index in [4.69, 9.17) is 0 Å². The van der Waals surface area contributed by atoms with Gasteiger partial charge in [0.05, 0.1) is 5.25 Å². The number of thioether (sulfide) groups is 1. The zero-order chi connectivity index (χ0) is 21.1. The molecule has 0 saturated carbocycles. The van der Waals surface area contributed by atoms with Crippen molar-refractivity contribution in [2.24, 2.45) is 0 Å². The quantitative estimate of drug-likeness (QED) is 0.419. The molecular weight excluding hydrogens is 392 g/mol. The zero-order valence-corrected chi connectivity index (χ0v) is 18.1. The van der Waals surface area contributed by atoms with Gasteiger partial charge >= 0.3 is 0 Å². The summed E-state index contributed by atoms with van der Waals surface area (Å²) in [4.78, 5) is 12.9. The lowest BCUT2D eigenvalue weighted by Crippen LogP contribution is -2.23. The zero-order valence-electron chi connectivity index (χ0n) is 17.3. The fraction of sp³-hybridized carbons (Fsp3) is 0.208. The molecular formula is C24H24N4OS. The summed E-state index contributed by atoms with van der Waals surface area (Å²) < 4.78 is 2.06. The van der Waals surface area contributed by atoms with Gasteiger partial charge in [0.15, 0.2) is 11.0 Å². The number of rotatable bonds is 6. The Labute approximate surface area is 180 Å². The largest absolute Gasteiger partial charge is 0.325 e. The lowest BCUT2D eigenvalue weighted by molar-refractivity contribution is -0.115. The summed E-state index contributed by atoms with van der Waals surface area (Å²) in [5.74, 6) is 0.768. The number of aryl methyl sites for hydroxylation is 1. The van der Waals surface area contributed by atoms with Crippen LogP contribution in [0.4, 0.5) is 5.69 Å². The molecule has 1 aromatic heterocycles. The Bertz CT molecular complexity index is 1200. The Morgan fingerprint density at radius 1 is 1.07 bits per heavy atom. The molecule has 30 heavy (non-hydrogen) atoms. The maximum Gasteiger partial charge on any atom is 0.237 e. The molecule has 1 amide bonds. The van der Waals surface area contributed by atoms with Gasteiger partial charge in [-0.1, -0.05) is 71.9 Å². The normalized spacial score (nSPS) is 12.1. The van der Waals surface area contributed by atoms with Crippen LogP contribution in [0, 0.1) is 6.92 Å². The molecule has 4 aromatic rings. The lowest BCUT2D eigenvalue weighted by Gasteiger charge is -2.14. The predicted octanol–water partition coefficient (Wildman–Crippen LogP) is 5.55. The van der Waals surface area contributed by atoms with Gasteiger partial charge in [-0.3, -0.25) is 4.79 Å². The number of anilines is 1. The molecule has 0 aliphatic carbocycles. The van der Waals surface area contributed by atoms with Crippen molar-refractivity contribution >= 4 is 34.1 Å². The first-order valence-electron chi connectivity index (χ1n) is 10.0. The van der Waals surface area contributed by atoms with E-state index in [0.29, 0.717) is 0 Å². The van der Waals surface area contributed by atoms with Crippen molar-refractivity contribution in [2.45, 2.75) is 37.7 Å². The van der Waals surface area contributed by atoms with E-state index in [1.54, 1.807) is 0 Å². The molecule has 0 radical (unpaired) electrons. The summed E-state index contributed by atoms with van der Waals surface area (Å²) in [7, 11) is 0. The van der Waals surface area contributed by atoms with Gasteiger partial charge in [-0.2, -0.15) is 0 Å². The van der Waals surface area contributed by atoms with E-state index in [0.717, 1.165) is 39.5 Å². The highest BCUT2D eigenvalue weighted by Crippen LogP contribution is 2.29. The second kappa shape index (κ2) is 8.71. The average molecular weight is 417 g/mol. The van der Waals surface area contributed by atoms with Crippen molar-refractivity contribution in [1.29, 1.82) is 0 Å². The Morgan fingerprint density at radius 2 is 1.83 bits per heavy atom. The molecule has 5 nitrogen and oxygen atoms in total. The van der Waals surface area contributed by atoms with Crippen molar-refractivity contribution < 1.29 is 4.79 Å². The second-order valence-electron chi connectivity index (χ2n) is 7.20. The molecule has 0 spiro atoms. The summed E-state index contributed by atoms with van der Waals surface area (Å²) in [6.07, 6.45) is 0. The molecule has 1 atom stereocenters. The van der Waals surface area contributed by atoms with Crippen LogP contribution in [0.3, 0.4) is 0 Å². The van der Waals surface area contributed by atoms with Crippen LogP contribution in [0.15, 0.2) is 71.9 Å². The number of amides is 1. The number of fused-ring (bicyclic) bond motifs is 1. The van der Waals surface area contributed by atoms with Crippen molar-refractivity contribution in [3.8, 4) is 11.4 Å². The second-order valence-corrected chi connectivity index (χ2v) is 8.50. The summed E-state index contributed by atoms with van der Waals surface area (Å²) in [5.41, 5.74) is 3.03. The number of aromatic nitrogens is 3. The van der Waals surface area contributed by atoms with Crippen molar-refractivity contribution in [3.63, 3.8) is 0 Å². The fourth-order valence-electron chi connectivity index (χ4n) is 3.44. The van der Waals surface area contributed by atoms with Gasteiger partial charge in [0.2, 0.25) is 5.91 Å². The first kappa shape index (κ1) is 20.2. The van der Waals surface area contributed by atoms with E-state index in [9.17, 15) is 4.79 Å². The van der Waals surface area contributed by atoms with E-state index in [-0.39, 0.29) is 11.2 Å². The van der Waals surface area contributed by atoms with Crippen molar-refractivity contribution in [2.75, 3.05) is 5.32 Å². The topological polar surface area (TPSA) is 59.8 Å². The Morgan fingerprint density at radius 3 is 2.63 bits per heavy atom. The third kappa shape index (κ3) is 4.09. The summed E-state index contributed by atoms with van der Waals surface area (Å²) in [6.45, 7) is 6.75. The number of benzene rings is 3. The molecule has 152 valence electrons. The molecule has 0 unspecified atom stereocenters. The van der Waals surface area contributed by atoms with Crippen LogP contribution in [-0.2, 0) is 11.3 Å². The van der Waals surface area contributed by atoms with Crippen LogP contribution in [0.2, 0.25) is 0 Å². The molecule has 1 N–H and O–H groups in total. The van der Waals surface area contributed by atoms with Gasteiger partial charge in [-0.05, 0) is 38.3 Å². The SMILES string of the molecule is CCn1c(S[C@H](C)C(=O)Nc2cccc3ccccc23)nnc1-c1cccc(C)c1. The highest BCUT2D eigenvalue weighted by molar-refractivity contribution is 8.00. The molecule has 0 fully saturated rings. The smallest absolute Gasteiger partial charge is 0.237 e. The van der Waals surface area contributed by atoms with Gasteiger partial charge in [0, 0.05) is 23.2 Å². The Balaban J connectivity index is 1.53. The molecule has 0 aliphatic rings. The average Bonchev–Trinajstić information content (AvgIpc) is 3.16. The Hall–Kier alpha value is -3.12. The van der Waals surface area contributed by atoms with Crippen LogP contribution >= 0.6 is 11.8 Å². The molecule has 0 aliphatic heterocycles. The molecule has 3 aromatic carbocycles. The predicted molar refractivity (Wildman–Crippen MR) is 124 cm³/mol. The first-order chi connectivity index (χ1) is 14.6. The van der Waals surface area contributed by atoms with E-state index < -0.39 is 0 Å². The van der Waals surface area contributed by atoms with Gasteiger partial charge in [0.1, 0.15) is 0 Å². The summed E-state index contributed by atoms with van der Waals surface area (Å²) >= 11 is 1.42. The van der Waals surface area contributed by atoms with Crippen LogP contribution in [0.25, 0.3) is 22.2 Å². The highest BCUT2D eigenvalue weighted by Gasteiger charge is 2.21. The van der Waals surface area contributed by atoms with E-state index in [2.05, 4.69) is 46.1 Å².